The third-order valence-corrected chi connectivity index (χ3v) is 7.48. The van der Waals surface area contributed by atoms with Gasteiger partial charge >= 0.3 is 0 Å². The minimum atomic E-state index is 0.0523. The maximum absolute atomic E-state index is 13.2. The van der Waals surface area contributed by atoms with E-state index >= 15 is 0 Å². The van der Waals surface area contributed by atoms with Gasteiger partial charge in [-0.15, -0.1) is 0 Å². The molecular weight excluding hydrogens is 368 g/mol. The first-order chi connectivity index (χ1) is 14.1. The summed E-state index contributed by atoms with van der Waals surface area (Å²) in [7, 11) is 5.03. The number of methoxy groups -OCH3 is 3. The summed E-state index contributed by atoms with van der Waals surface area (Å²) in [5.41, 5.74) is 0.895. The number of hydrogen-bond acceptors (Lipinski definition) is 5. The summed E-state index contributed by atoms with van der Waals surface area (Å²) in [4.78, 5) is 17.9. The van der Waals surface area contributed by atoms with Crippen LogP contribution in [0.1, 0.15) is 42.5 Å². The molecule has 1 aromatic carbocycles. The molecule has 29 heavy (non-hydrogen) atoms. The van der Waals surface area contributed by atoms with Crippen LogP contribution in [-0.2, 0) is 4.74 Å². The molecule has 0 bridgehead atoms. The predicted octanol–water partition coefficient (Wildman–Crippen LogP) is 3.06. The largest absolute Gasteiger partial charge is 0.497 e. The van der Waals surface area contributed by atoms with E-state index in [0.717, 1.165) is 45.1 Å². The number of amides is 1. The van der Waals surface area contributed by atoms with Crippen LogP contribution in [0, 0.1) is 11.3 Å². The molecule has 3 aliphatic rings. The molecule has 2 heterocycles. The number of likely N-dealkylation sites (tertiary alicyclic amines) is 2. The zero-order valence-corrected chi connectivity index (χ0v) is 18.0. The Morgan fingerprint density at radius 1 is 1.14 bits per heavy atom. The van der Waals surface area contributed by atoms with Crippen molar-refractivity contribution in [1.29, 1.82) is 0 Å². The van der Waals surface area contributed by atoms with Gasteiger partial charge in [0.2, 0.25) is 0 Å². The van der Waals surface area contributed by atoms with Crippen molar-refractivity contribution in [3.05, 3.63) is 23.8 Å². The summed E-state index contributed by atoms with van der Waals surface area (Å²) in [5.74, 6) is 1.89. The minimum absolute atomic E-state index is 0.0523. The van der Waals surface area contributed by atoms with Gasteiger partial charge in [-0.05, 0) is 43.2 Å². The molecule has 4 rings (SSSR count). The first-order valence-corrected chi connectivity index (χ1v) is 10.8. The van der Waals surface area contributed by atoms with Crippen molar-refractivity contribution in [2.24, 2.45) is 11.3 Å². The number of ether oxygens (including phenoxy) is 3. The quantitative estimate of drug-likeness (QED) is 0.732. The number of benzene rings is 1. The van der Waals surface area contributed by atoms with Gasteiger partial charge < -0.3 is 19.1 Å². The van der Waals surface area contributed by atoms with Gasteiger partial charge in [-0.1, -0.05) is 6.42 Å². The van der Waals surface area contributed by atoms with Crippen LogP contribution in [0.25, 0.3) is 0 Å². The van der Waals surface area contributed by atoms with E-state index in [0.29, 0.717) is 23.0 Å². The van der Waals surface area contributed by atoms with Gasteiger partial charge in [0, 0.05) is 51.3 Å². The zero-order chi connectivity index (χ0) is 20.4. The second-order valence-electron chi connectivity index (χ2n) is 8.89. The maximum atomic E-state index is 13.2. The van der Waals surface area contributed by atoms with E-state index in [1.807, 2.05) is 24.1 Å². The Morgan fingerprint density at radius 3 is 2.48 bits per heavy atom. The summed E-state index contributed by atoms with van der Waals surface area (Å²) in [6.07, 6.45) is 6.16. The lowest BCUT2D eigenvalue weighted by molar-refractivity contribution is 0.0311. The molecule has 2 aliphatic heterocycles. The molecule has 1 amide bonds. The number of piperidine rings is 1. The van der Waals surface area contributed by atoms with Crippen LogP contribution in [0.5, 0.6) is 11.5 Å². The average molecular weight is 403 g/mol. The van der Waals surface area contributed by atoms with E-state index in [-0.39, 0.29) is 11.3 Å². The van der Waals surface area contributed by atoms with Crippen LogP contribution in [-0.4, -0.2) is 75.9 Å². The third-order valence-electron chi connectivity index (χ3n) is 7.48. The molecule has 6 nitrogen and oxygen atoms in total. The van der Waals surface area contributed by atoms with Gasteiger partial charge in [0.1, 0.15) is 11.5 Å². The molecule has 1 spiro atoms. The van der Waals surface area contributed by atoms with Crippen LogP contribution < -0.4 is 9.47 Å². The van der Waals surface area contributed by atoms with Gasteiger partial charge in [0.05, 0.1) is 26.4 Å². The highest BCUT2D eigenvalue weighted by molar-refractivity contribution is 5.97. The summed E-state index contributed by atoms with van der Waals surface area (Å²) < 4.78 is 16.3. The van der Waals surface area contributed by atoms with Crippen molar-refractivity contribution < 1.29 is 19.0 Å². The summed E-state index contributed by atoms with van der Waals surface area (Å²) in [6, 6.07) is 6.19. The second kappa shape index (κ2) is 8.52. The molecule has 1 aliphatic carbocycles. The molecule has 3 fully saturated rings. The van der Waals surface area contributed by atoms with Gasteiger partial charge in [-0.25, -0.2) is 0 Å². The van der Waals surface area contributed by atoms with E-state index in [1.54, 1.807) is 20.3 Å². The summed E-state index contributed by atoms with van der Waals surface area (Å²) >= 11 is 0. The van der Waals surface area contributed by atoms with E-state index in [1.165, 1.54) is 25.8 Å². The maximum Gasteiger partial charge on any atom is 0.257 e. The average Bonchev–Trinajstić information content (AvgIpc) is 3.03. The predicted molar refractivity (Wildman–Crippen MR) is 112 cm³/mol. The van der Waals surface area contributed by atoms with E-state index in [9.17, 15) is 4.79 Å². The van der Waals surface area contributed by atoms with Crippen molar-refractivity contribution in [2.75, 3.05) is 54.1 Å². The highest BCUT2D eigenvalue weighted by Crippen LogP contribution is 2.47. The van der Waals surface area contributed by atoms with Crippen LogP contribution >= 0.6 is 0 Å². The second-order valence-corrected chi connectivity index (χ2v) is 8.89. The van der Waals surface area contributed by atoms with Crippen LogP contribution in [0.4, 0.5) is 0 Å². The lowest BCUT2D eigenvalue weighted by Gasteiger charge is -2.43. The monoisotopic (exact) mass is 402 g/mol. The molecule has 2 saturated heterocycles. The summed E-state index contributed by atoms with van der Waals surface area (Å²) in [5, 5.41) is 0. The Kier molecular flexibility index (Phi) is 6.02. The van der Waals surface area contributed by atoms with Crippen LogP contribution in [0.15, 0.2) is 18.2 Å². The smallest absolute Gasteiger partial charge is 0.257 e. The number of carbonyl (C=O) groups excluding carboxylic acids is 1. The number of carbonyl (C=O) groups is 1. The zero-order valence-electron chi connectivity index (χ0n) is 18.0. The van der Waals surface area contributed by atoms with Crippen LogP contribution in [0.2, 0.25) is 0 Å². The Bertz CT molecular complexity index is 726. The Balaban J connectivity index is 1.45. The molecule has 1 saturated carbocycles. The van der Waals surface area contributed by atoms with Gasteiger partial charge in [-0.2, -0.15) is 0 Å². The standard InChI is InChI=1S/C23H34N2O4/c1-27-15-17-14-25(18-5-4-6-18)16-23(17)9-11-24(12-10-23)22(26)20-8-7-19(28-2)13-21(20)29-3/h7-8,13,17-18H,4-6,9-12,14-16H2,1-3H3. The van der Waals surface area contributed by atoms with E-state index < -0.39 is 0 Å². The van der Waals surface area contributed by atoms with Crippen molar-refractivity contribution in [3.63, 3.8) is 0 Å². The SMILES string of the molecule is COCC1CN(C2CCC2)CC12CCN(C(=O)c1ccc(OC)cc1OC)CC2. The fraction of sp³-hybridized carbons (Fsp3) is 0.696. The molecule has 1 atom stereocenters. The highest BCUT2D eigenvalue weighted by Gasteiger charge is 2.50. The highest BCUT2D eigenvalue weighted by atomic mass is 16.5. The van der Waals surface area contributed by atoms with Crippen molar-refractivity contribution in [3.8, 4) is 11.5 Å². The Morgan fingerprint density at radius 2 is 1.90 bits per heavy atom. The van der Waals surface area contributed by atoms with Crippen molar-refractivity contribution >= 4 is 5.91 Å². The Labute approximate surface area is 174 Å². The normalized spacial score (nSPS) is 24.5. The molecule has 0 aromatic heterocycles. The first kappa shape index (κ1) is 20.5. The van der Waals surface area contributed by atoms with E-state index in [2.05, 4.69) is 4.90 Å². The molecule has 0 radical (unpaired) electrons. The van der Waals surface area contributed by atoms with Crippen LogP contribution in [0.3, 0.4) is 0 Å². The molecule has 1 aromatic rings. The number of hydrogen-bond donors (Lipinski definition) is 0. The fourth-order valence-corrected chi connectivity index (χ4v) is 5.40. The van der Waals surface area contributed by atoms with Gasteiger partial charge in [0.25, 0.3) is 5.91 Å². The lowest BCUT2D eigenvalue weighted by atomic mass is 9.71. The number of nitrogens with zero attached hydrogens (tertiary/aromatic N) is 2. The minimum Gasteiger partial charge on any atom is -0.497 e. The topological polar surface area (TPSA) is 51.2 Å². The van der Waals surface area contributed by atoms with Gasteiger partial charge in [0.15, 0.2) is 0 Å². The molecular formula is C23H34N2O4. The Hall–Kier alpha value is -1.79. The summed E-state index contributed by atoms with van der Waals surface area (Å²) in [6.45, 7) is 4.74. The number of rotatable bonds is 6. The van der Waals surface area contributed by atoms with Crippen molar-refractivity contribution in [2.45, 2.75) is 38.1 Å². The lowest BCUT2D eigenvalue weighted by Crippen LogP contribution is -2.47. The molecule has 6 heteroatoms. The van der Waals surface area contributed by atoms with Gasteiger partial charge in [-0.3, -0.25) is 9.69 Å². The van der Waals surface area contributed by atoms with E-state index in [4.69, 9.17) is 14.2 Å². The van der Waals surface area contributed by atoms with Crippen molar-refractivity contribution in [1.82, 2.24) is 9.80 Å². The third kappa shape index (κ3) is 3.84. The molecule has 1 unspecified atom stereocenters. The fourth-order valence-electron chi connectivity index (χ4n) is 5.40. The first-order valence-electron chi connectivity index (χ1n) is 10.8. The molecule has 160 valence electrons. The molecule has 0 N–H and O–H groups in total.